The molecule has 1 atom stereocenters. The third-order valence-electron chi connectivity index (χ3n) is 4.27. The maximum absolute atomic E-state index is 12.2. The van der Waals surface area contributed by atoms with Gasteiger partial charge >= 0.3 is 0 Å². The molecule has 2 amide bonds. The van der Waals surface area contributed by atoms with E-state index in [4.69, 9.17) is 0 Å². The summed E-state index contributed by atoms with van der Waals surface area (Å²) in [7, 11) is 0. The molecule has 0 bridgehead atoms. The van der Waals surface area contributed by atoms with Crippen molar-refractivity contribution in [2.24, 2.45) is 0 Å². The second-order valence-electron chi connectivity index (χ2n) is 6.46. The summed E-state index contributed by atoms with van der Waals surface area (Å²) < 4.78 is 0. The molecule has 1 aromatic rings. The van der Waals surface area contributed by atoms with Gasteiger partial charge in [-0.2, -0.15) is 0 Å². The molecular weight excluding hydrogens is 302 g/mol. The first kappa shape index (κ1) is 18.2. The standard InChI is InChI=1S/C19H27N3O2/c1-14-4-6-18(7-5-14)15(2)21-19(24)13-22-10-8-17(9-11-22)12-20-16(3)23/h4-8,15H,9-13H2,1-3H3,(H,20,23)(H,21,24). The molecule has 0 spiro atoms. The summed E-state index contributed by atoms with van der Waals surface area (Å²) in [5.41, 5.74) is 3.56. The monoisotopic (exact) mass is 329 g/mol. The van der Waals surface area contributed by atoms with Crippen LogP contribution in [0.15, 0.2) is 35.9 Å². The number of benzene rings is 1. The highest BCUT2D eigenvalue weighted by Crippen LogP contribution is 2.13. The zero-order valence-corrected chi connectivity index (χ0v) is 14.8. The second-order valence-corrected chi connectivity index (χ2v) is 6.46. The summed E-state index contributed by atoms with van der Waals surface area (Å²) in [5.74, 6) is 0.0320. The average molecular weight is 329 g/mol. The molecule has 1 heterocycles. The Balaban J connectivity index is 1.77. The summed E-state index contributed by atoms with van der Waals surface area (Å²) in [5, 5.41) is 5.87. The van der Waals surface area contributed by atoms with Crippen LogP contribution in [-0.2, 0) is 9.59 Å². The Kier molecular flexibility index (Phi) is 6.55. The molecule has 0 saturated carbocycles. The van der Waals surface area contributed by atoms with E-state index in [0.717, 1.165) is 25.1 Å². The maximum atomic E-state index is 12.2. The first-order valence-electron chi connectivity index (χ1n) is 8.44. The van der Waals surface area contributed by atoms with Gasteiger partial charge < -0.3 is 10.6 Å². The Hall–Kier alpha value is -2.14. The fourth-order valence-corrected chi connectivity index (χ4v) is 2.72. The fraction of sp³-hybridized carbons (Fsp3) is 0.474. The molecule has 0 aliphatic carbocycles. The molecule has 1 aromatic carbocycles. The molecule has 0 radical (unpaired) electrons. The van der Waals surface area contributed by atoms with Gasteiger partial charge in [-0.15, -0.1) is 0 Å². The zero-order valence-electron chi connectivity index (χ0n) is 14.8. The van der Waals surface area contributed by atoms with Crippen LogP contribution in [0.1, 0.15) is 37.4 Å². The van der Waals surface area contributed by atoms with E-state index in [9.17, 15) is 9.59 Å². The normalized spacial score (nSPS) is 16.2. The molecule has 0 saturated heterocycles. The molecule has 5 nitrogen and oxygen atoms in total. The third-order valence-corrected chi connectivity index (χ3v) is 4.27. The molecule has 2 rings (SSSR count). The summed E-state index contributed by atoms with van der Waals surface area (Å²) in [6.45, 7) is 8.19. The number of hydrogen-bond acceptors (Lipinski definition) is 3. The van der Waals surface area contributed by atoms with E-state index in [1.165, 1.54) is 18.1 Å². The van der Waals surface area contributed by atoms with Gasteiger partial charge in [0.1, 0.15) is 0 Å². The highest BCUT2D eigenvalue weighted by atomic mass is 16.2. The lowest BCUT2D eigenvalue weighted by atomic mass is 10.1. The SMILES string of the molecule is CC(=O)NCC1=CCN(CC(=O)NC(C)c2ccc(C)cc2)CC1. The van der Waals surface area contributed by atoms with Gasteiger partial charge in [-0.3, -0.25) is 14.5 Å². The number of nitrogens with one attached hydrogen (secondary N) is 2. The molecule has 0 aromatic heterocycles. The number of hydrogen-bond donors (Lipinski definition) is 2. The van der Waals surface area contributed by atoms with Crippen LogP contribution < -0.4 is 10.6 Å². The van der Waals surface area contributed by atoms with Crippen LogP contribution in [0.4, 0.5) is 0 Å². The van der Waals surface area contributed by atoms with Gasteiger partial charge in [0.05, 0.1) is 12.6 Å². The van der Waals surface area contributed by atoms with Crippen LogP contribution in [0.25, 0.3) is 0 Å². The largest absolute Gasteiger partial charge is 0.353 e. The van der Waals surface area contributed by atoms with Crippen LogP contribution in [-0.4, -0.2) is 42.9 Å². The fourth-order valence-electron chi connectivity index (χ4n) is 2.72. The number of rotatable bonds is 6. The van der Waals surface area contributed by atoms with Crippen LogP contribution in [0, 0.1) is 6.92 Å². The Morgan fingerprint density at radius 1 is 1.25 bits per heavy atom. The van der Waals surface area contributed by atoms with Crippen LogP contribution >= 0.6 is 0 Å². The van der Waals surface area contributed by atoms with Crippen molar-refractivity contribution < 1.29 is 9.59 Å². The average Bonchev–Trinajstić information content (AvgIpc) is 2.54. The first-order chi connectivity index (χ1) is 11.4. The van der Waals surface area contributed by atoms with Crippen molar-refractivity contribution in [2.45, 2.75) is 33.2 Å². The number of nitrogens with zero attached hydrogens (tertiary/aromatic N) is 1. The molecule has 1 aliphatic rings. The molecule has 24 heavy (non-hydrogen) atoms. The first-order valence-corrected chi connectivity index (χ1v) is 8.44. The minimum absolute atomic E-state index is 0.00811. The Morgan fingerprint density at radius 2 is 1.96 bits per heavy atom. The van der Waals surface area contributed by atoms with Crippen molar-refractivity contribution in [1.29, 1.82) is 0 Å². The predicted octanol–water partition coefficient (Wildman–Crippen LogP) is 1.94. The molecule has 0 fully saturated rings. The number of carbonyl (C=O) groups is 2. The van der Waals surface area contributed by atoms with E-state index in [1.54, 1.807) is 0 Å². The molecule has 2 N–H and O–H groups in total. The van der Waals surface area contributed by atoms with Crippen LogP contribution in [0.3, 0.4) is 0 Å². The van der Waals surface area contributed by atoms with Crippen molar-refractivity contribution in [3.8, 4) is 0 Å². The molecular formula is C19H27N3O2. The van der Waals surface area contributed by atoms with E-state index >= 15 is 0 Å². The van der Waals surface area contributed by atoms with Crippen molar-refractivity contribution in [2.75, 3.05) is 26.2 Å². The van der Waals surface area contributed by atoms with E-state index in [-0.39, 0.29) is 17.9 Å². The molecule has 5 heteroatoms. The van der Waals surface area contributed by atoms with E-state index < -0.39 is 0 Å². The molecule has 130 valence electrons. The number of aryl methyl sites for hydroxylation is 1. The molecule has 1 aliphatic heterocycles. The predicted molar refractivity (Wildman–Crippen MR) is 95.6 cm³/mol. The molecule has 1 unspecified atom stereocenters. The topological polar surface area (TPSA) is 61.4 Å². The van der Waals surface area contributed by atoms with Gasteiger partial charge in [-0.05, 0) is 25.8 Å². The Bertz CT molecular complexity index is 608. The lowest BCUT2D eigenvalue weighted by molar-refractivity contribution is -0.122. The van der Waals surface area contributed by atoms with Gasteiger partial charge in [-0.1, -0.05) is 41.5 Å². The van der Waals surface area contributed by atoms with E-state index in [0.29, 0.717) is 13.1 Å². The summed E-state index contributed by atoms with van der Waals surface area (Å²) >= 11 is 0. The van der Waals surface area contributed by atoms with Gasteiger partial charge in [0.15, 0.2) is 0 Å². The van der Waals surface area contributed by atoms with Crippen LogP contribution in [0.2, 0.25) is 0 Å². The van der Waals surface area contributed by atoms with Crippen molar-refractivity contribution in [3.63, 3.8) is 0 Å². The van der Waals surface area contributed by atoms with Crippen molar-refractivity contribution >= 4 is 11.8 Å². The highest BCUT2D eigenvalue weighted by molar-refractivity contribution is 5.78. The maximum Gasteiger partial charge on any atom is 0.234 e. The quantitative estimate of drug-likeness (QED) is 0.784. The van der Waals surface area contributed by atoms with E-state index in [2.05, 4.69) is 52.8 Å². The van der Waals surface area contributed by atoms with Gasteiger partial charge in [0, 0.05) is 26.6 Å². The third kappa shape index (κ3) is 5.81. The highest BCUT2D eigenvalue weighted by Gasteiger charge is 2.16. The minimum atomic E-state index is -0.0113. The minimum Gasteiger partial charge on any atom is -0.353 e. The zero-order chi connectivity index (χ0) is 17.5. The second kappa shape index (κ2) is 8.64. The lowest BCUT2D eigenvalue weighted by Gasteiger charge is -2.26. The number of carbonyl (C=O) groups excluding carboxylic acids is 2. The van der Waals surface area contributed by atoms with Crippen LogP contribution in [0.5, 0.6) is 0 Å². The smallest absolute Gasteiger partial charge is 0.234 e. The lowest BCUT2D eigenvalue weighted by Crippen LogP contribution is -2.40. The summed E-state index contributed by atoms with van der Waals surface area (Å²) in [4.78, 5) is 25.3. The Morgan fingerprint density at radius 3 is 2.54 bits per heavy atom. The van der Waals surface area contributed by atoms with Crippen molar-refractivity contribution in [3.05, 3.63) is 47.0 Å². The summed E-state index contributed by atoms with van der Waals surface area (Å²) in [6, 6.07) is 8.23. The van der Waals surface area contributed by atoms with Gasteiger partial charge in [-0.25, -0.2) is 0 Å². The Labute approximate surface area is 144 Å². The van der Waals surface area contributed by atoms with Gasteiger partial charge in [0.25, 0.3) is 0 Å². The van der Waals surface area contributed by atoms with Crippen molar-refractivity contribution in [1.82, 2.24) is 15.5 Å². The van der Waals surface area contributed by atoms with Gasteiger partial charge in [0.2, 0.25) is 11.8 Å². The number of amides is 2. The van der Waals surface area contributed by atoms with E-state index in [1.807, 2.05) is 6.92 Å². The summed E-state index contributed by atoms with van der Waals surface area (Å²) in [6.07, 6.45) is 3.00.